The number of phenols is 1. The van der Waals surface area contributed by atoms with Crippen molar-refractivity contribution >= 4 is 5.91 Å². The Balaban J connectivity index is 1.37. The zero-order valence-corrected chi connectivity index (χ0v) is 18.6. The first-order valence-electron chi connectivity index (χ1n) is 11.7. The van der Waals surface area contributed by atoms with E-state index in [0.29, 0.717) is 12.3 Å². The van der Waals surface area contributed by atoms with E-state index in [9.17, 15) is 9.90 Å². The summed E-state index contributed by atoms with van der Waals surface area (Å²) in [6.07, 6.45) is 2.67. The van der Waals surface area contributed by atoms with Gasteiger partial charge >= 0.3 is 0 Å². The molecule has 0 saturated carbocycles. The Morgan fingerprint density at radius 2 is 1.44 bits per heavy atom. The first-order valence-corrected chi connectivity index (χ1v) is 11.7. The van der Waals surface area contributed by atoms with Gasteiger partial charge in [-0.05, 0) is 29.7 Å². The molecule has 32 heavy (non-hydrogen) atoms. The third-order valence-electron chi connectivity index (χ3n) is 6.52. The molecule has 1 saturated heterocycles. The topological polar surface area (TPSA) is 45.0 Å². The molecule has 1 heterocycles. The summed E-state index contributed by atoms with van der Waals surface area (Å²) < 4.78 is 0. The third kappa shape index (κ3) is 5.98. The van der Waals surface area contributed by atoms with Crippen LogP contribution in [-0.2, 0) is 24.3 Å². The number of likely N-dealkylation sites (tertiary alicyclic amines) is 1. The number of benzene rings is 3. The normalized spacial score (nSPS) is 18.2. The minimum absolute atomic E-state index is 0.0857. The van der Waals surface area contributed by atoms with Gasteiger partial charge in [-0.1, -0.05) is 72.8 Å². The number of piperidine rings is 1. The van der Waals surface area contributed by atoms with Crippen molar-refractivity contribution in [3.8, 4) is 5.75 Å². The minimum Gasteiger partial charge on any atom is -0.507 e. The van der Waals surface area contributed by atoms with Crippen molar-refractivity contribution in [2.45, 2.75) is 32.4 Å². The van der Waals surface area contributed by atoms with Gasteiger partial charge in [-0.15, -0.1) is 0 Å². The highest BCUT2D eigenvalue weighted by Gasteiger charge is 2.30. The van der Waals surface area contributed by atoms with Gasteiger partial charge in [0, 0.05) is 37.4 Å². The molecule has 0 atom stereocenters. The molecule has 0 bridgehead atoms. The fourth-order valence-corrected chi connectivity index (χ4v) is 4.62. The maximum atomic E-state index is 13.5. The molecule has 0 radical (unpaired) electrons. The number of quaternary nitrogens is 1. The van der Waals surface area contributed by atoms with Crippen LogP contribution in [0.25, 0.3) is 0 Å². The van der Waals surface area contributed by atoms with E-state index in [0.717, 1.165) is 51.0 Å². The number of rotatable bonds is 8. The molecule has 0 unspecified atom stereocenters. The number of hydrogen-bond acceptors (Lipinski definition) is 2. The van der Waals surface area contributed by atoms with Gasteiger partial charge in [0.2, 0.25) is 5.91 Å². The Hall–Kier alpha value is -3.11. The molecular weight excluding hydrogens is 396 g/mol. The molecule has 166 valence electrons. The first kappa shape index (κ1) is 22.1. The Bertz CT molecular complexity index is 983. The van der Waals surface area contributed by atoms with Crippen molar-refractivity contribution in [3.05, 3.63) is 102 Å². The number of para-hydroxylation sites is 1. The molecule has 0 aliphatic carbocycles. The average molecular weight is 430 g/mol. The maximum absolute atomic E-state index is 13.5. The van der Waals surface area contributed by atoms with Crippen LogP contribution >= 0.6 is 0 Å². The highest BCUT2D eigenvalue weighted by molar-refractivity contribution is 5.79. The molecule has 2 N–H and O–H groups in total. The smallest absolute Gasteiger partial charge is 0.226 e. The van der Waals surface area contributed by atoms with E-state index in [1.807, 2.05) is 42.5 Å². The fourth-order valence-electron chi connectivity index (χ4n) is 4.62. The summed E-state index contributed by atoms with van der Waals surface area (Å²) in [6.45, 7) is 4.14. The Morgan fingerprint density at radius 3 is 2.09 bits per heavy atom. The highest BCUT2D eigenvalue weighted by Crippen LogP contribution is 2.18. The van der Waals surface area contributed by atoms with Crippen molar-refractivity contribution in [2.24, 2.45) is 5.92 Å². The van der Waals surface area contributed by atoms with Crippen molar-refractivity contribution < 1.29 is 14.8 Å². The molecular formula is C28H33N2O2+. The average Bonchev–Trinajstić information content (AvgIpc) is 2.84. The lowest BCUT2D eigenvalue weighted by Gasteiger charge is -2.32. The zero-order chi connectivity index (χ0) is 22.2. The molecule has 0 spiro atoms. The van der Waals surface area contributed by atoms with Gasteiger partial charge in [0.1, 0.15) is 12.3 Å². The molecule has 3 aromatic rings. The number of carbonyl (C=O) groups excluding carboxylic acids is 1. The number of amides is 1. The lowest BCUT2D eigenvalue weighted by atomic mass is 9.94. The van der Waals surface area contributed by atoms with E-state index in [-0.39, 0.29) is 11.8 Å². The van der Waals surface area contributed by atoms with Crippen LogP contribution in [-0.4, -0.2) is 35.5 Å². The monoisotopic (exact) mass is 429 g/mol. The lowest BCUT2D eigenvalue weighted by Crippen LogP contribution is -3.11. The van der Waals surface area contributed by atoms with Gasteiger partial charge in [-0.2, -0.15) is 0 Å². The second-order valence-electron chi connectivity index (χ2n) is 8.81. The molecule has 4 rings (SSSR count). The number of phenolic OH excluding ortho intramolecular Hbond substituents is 1. The van der Waals surface area contributed by atoms with Gasteiger partial charge in [0.05, 0.1) is 13.1 Å². The summed E-state index contributed by atoms with van der Waals surface area (Å²) >= 11 is 0. The SMILES string of the molecule is O=C(C1CC[NH+](Cc2ccccc2O)CC1)N(CCc1ccccc1)Cc1ccccc1. The van der Waals surface area contributed by atoms with Crippen LogP contribution in [0.15, 0.2) is 84.9 Å². The molecule has 1 aliphatic heterocycles. The molecule has 3 aromatic carbocycles. The maximum Gasteiger partial charge on any atom is 0.226 e. The summed E-state index contributed by atoms with van der Waals surface area (Å²) in [5.41, 5.74) is 3.43. The number of carbonyl (C=O) groups is 1. The van der Waals surface area contributed by atoms with Crippen LogP contribution in [0, 0.1) is 5.92 Å². The molecule has 4 heteroatoms. The van der Waals surface area contributed by atoms with Crippen molar-refractivity contribution in [2.75, 3.05) is 19.6 Å². The second kappa shape index (κ2) is 11.0. The van der Waals surface area contributed by atoms with Gasteiger partial charge < -0.3 is 14.9 Å². The van der Waals surface area contributed by atoms with Crippen LogP contribution in [0.2, 0.25) is 0 Å². The van der Waals surface area contributed by atoms with Crippen LogP contribution in [0.5, 0.6) is 5.75 Å². The van der Waals surface area contributed by atoms with E-state index < -0.39 is 0 Å². The third-order valence-corrected chi connectivity index (χ3v) is 6.52. The Kier molecular flexibility index (Phi) is 7.57. The standard InChI is InChI=1S/C28H32N2O2/c31-27-14-8-7-13-26(27)22-29-18-16-25(17-19-29)28(32)30(21-24-11-5-2-6-12-24)20-15-23-9-3-1-4-10-23/h1-14,25,31H,15-22H2/p+1. The van der Waals surface area contributed by atoms with E-state index in [1.54, 1.807) is 6.07 Å². The van der Waals surface area contributed by atoms with E-state index >= 15 is 0 Å². The first-order chi connectivity index (χ1) is 15.7. The second-order valence-corrected chi connectivity index (χ2v) is 8.81. The fraction of sp³-hybridized carbons (Fsp3) is 0.321. The lowest BCUT2D eigenvalue weighted by molar-refractivity contribution is -0.919. The van der Waals surface area contributed by atoms with Crippen LogP contribution in [0.4, 0.5) is 0 Å². The van der Waals surface area contributed by atoms with Crippen molar-refractivity contribution in [1.82, 2.24) is 4.90 Å². The highest BCUT2D eigenvalue weighted by atomic mass is 16.3. The largest absolute Gasteiger partial charge is 0.507 e. The van der Waals surface area contributed by atoms with Gasteiger partial charge in [-0.3, -0.25) is 4.79 Å². The Morgan fingerprint density at radius 1 is 0.844 bits per heavy atom. The summed E-state index contributed by atoms with van der Waals surface area (Å²) in [4.78, 5) is 17.0. The van der Waals surface area contributed by atoms with Crippen molar-refractivity contribution in [1.29, 1.82) is 0 Å². The summed E-state index contributed by atoms with van der Waals surface area (Å²) in [7, 11) is 0. The van der Waals surface area contributed by atoms with E-state index in [4.69, 9.17) is 0 Å². The van der Waals surface area contributed by atoms with Crippen molar-refractivity contribution in [3.63, 3.8) is 0 Å². The van der Waals surface area contributed by atoms with Gasteiger partial charge in [0.25, 0.3) is 0 Å². The van der Waals surface area contributed by atoms with Gasteiger partial charge in [0.15, 0.2) is 0 Å². The molecule has 1 amide bonds. The van der Waals surface area contributed by atoms with E-state index in [2.05, 4.69) is 41.3 Å². The predicted octanol–water partition coefficient (Wildman–Crippen LogP) is 3.46. The van der Waals surface area contributed by atoms with E-state index in [1.165, 1.54) is 16.0 Å². The predicted molar refractivity (Wildman–Crippen MR) is 127 cm³/mol. The Labute approximate surface area is 191 Å². The molecule has 4 nitrogen and oxygen atoms in total. The number of aromatic hydroxyl groups is 1. The van der Waals surface area contributed by atoms with Crippen LogP contribution < -0.4 is 4.90 Å². The quantitative estimate of drug-likeness (QED) is 0.576. The molecule has 1 fully saturated rings. The van der Waals surface area contributed by atoms with Crippen LogP contribution in [0.1, 0.15) is 29.5 Å². The van der Waals surface area contributed by atoms with Gasteiger partial charge in [-0.25, -0.2) is 0 Å². The minimum atomic E-state index is 0.0857. The molecule has 1 aliphatic rings. The number of hydrogen-bond donors (Lipinski definition) is 2. The summed E-state index contributed by atoms with van der Waals surface area (Å²) in [5, 5.41) is 10.1. The molecule has 0 aromatic heterocycles. The van der Waals surface area contributed by atoms with Crippen LogP contribution in [0.3, 0.4) is 0 Å². The number of nitrogens with one attached hydrogen (secondary N) is 1. The number of nitrogens with zero attached hydrogens (tertiary/aromatic N) is 1. The summed E-state index contributed by atoms with van der Waals surface area (Å²) in [5.74, 6) is 0.738. The summed E-state index contributed by atoms with van der Waals surface area (Å²) in [6, 6.07) is 28.3. The zero-order valence-electron chi connectivity index (χ0n) is 18.6.